The van der Waals surface area contributed by atoms with Gasteiger partial charge < -0.3 is 5.11 Å². The van der Waals surface area contributed by atoms with Crippen molar-refractivity contribution in [2.75, 3.05) is 0 Å². The minimum atomic E-state index is 0.317. The Kier molecular flexibility index (Phi) is 3.02. The van der Waals surface area contributed by atoms with Crippen LogP contribution in [0.5, 0.6) is 5.75 Å². The number of hydrogen-bond donors (Lipinski definition) is 1. The second kappa shape index (κ2) is 4.63. The van der Waals surface area contributed by atoms with E-state index < -0.39 is 0 Å². The van der Waals surface area contributed by atoms with E-state index in [4.69, 9.17) is 0 Å². The quantitative estimate of drug-likeness (QED) is 0.684. The van der Waals surface area contributed by atoms with Gasteiger partial charge in [0.2, 0.25) is 0 Å². The Hall–Kier alpha value is -1.24. The highest BCUT2D eigenvalue weighted by Crippen LogP contribution is 2.67. The Balaban J connectivity index is 1.72. The van der Waals surface area contributed by atoms with Gasteiger partial charge in [0.1, 0.15) is 5.75 Å². The smallest absolute Gasteiger partial charge is 0.115 e. The number of aryl methyl sites for hydroxylation is 1. The first kappa shape index (κ1) is 14.4. The van der Waals surface area contributed by atoms with Crippen molar-refractivity contribution in [1.29, 1.82) is 0 Å². The maximum atomic E-state index is 9.76. The van der Waals surface area contributed by atoms with E-state index in [9.17, 15) is 5.11 Å². The van der Waals surface area contributed by atoms with Crippen LogP contribution in [-0.2, 0) is 6.42 Å². The highest BCUT2D eigenvalue weighted by Gasteiger charge is 2.58. The summed E-state index contributed by atoms with van der Waals surface area (Å²) in [5.41, 5.74) is 3.68. The van der Waals surface area contributed by atoms with Crippen LogP contribution in [-0.4, -0.2) is 5.11 Å². The molecule has 118 valence electrons. The van der Waals surface area contributed by atoms with Crippen molar-refractivity contribution in [3.05, 3.63) is 42.0 Å². The molecule has 2 fully saturated rings. The molecule has 3 aliphatic rings. The minimum Gasteiger partial charge on any atom is -0.508 e. The zero-order valence-corrected chi connectivity index (χ0v) is 13.9. The second-order valence-corrected chi connectivity index (χ2v) is 8.42. The third kappa shape index (κ3) is 1.71. The lowest BCUT2D eigenvalue weighted by Gasteiger charge is -2.53. The maximum absolute atomic E-state index is 9.76. The highest BCUT2D eigenvalue weighted by atomic mass is 16.3. The predicted molar refractivity (Wildman–Crippen MR) is 91.0 cm³/mol. The van der Waals surface area contributed by atoms with Gasteiger partial charge in [0.05, 0.1) is 0 Å². The summed E-state index contributed by atoms with van der Waals surface area (Å²) < 4.78 is 0. The number of phenolic OH excluding ortho intramolecular Hbond substituents is 1. The number of allylic oxidation sites excluding steroid dienone is 1. The summed E-state index contributed by atoms with van der Waals surface area (Å²) in [4.78, 5) is 0. The normalized spacial score (nSPS) is 43.1. The molecule has 0 spiro atoms. The van der Waals surface area contributed by atoms with Crippen LogP contribution in [0.2, 0.25) is 0 Å². The largest absolute Gasteiger partial charge is 0.508 e. The molecule has 2 saturated carbocycles. The summed E-state index contributed by atoms with van der Waals surface area (Å²) in [5.74, 6) is 2.82. The Morgan fingerprint density at radius 2 is 2.00 bits per heavy atom. The fraction of sp³-hybridized carbons (Fsp3) is 0.619. The van der Waals surface area contributed by atoms with Crippen molar-refractivity contribution in [2.24, 2.45) is 22.7 Å². The fourth-order valence-corrected chi connectivity index (χ4v) is 6.21. The van der Waals surface area contributed by atoms with Gasteiger partial charge in [-0.25, -0.2) is 0 Å². The van der Waals surface area contributed by atoms with Crippen LogP contribution in [0.3, 0.4) is 0 Å². The number of benzene rings is 1. The first-order valence-corrected chi connectivity index (χ1v) is 8.94. The third-order valence-electron chi connectivity index (χ3n) is 7.83. The Bertz CT molecular complexity index is 618. The molecule has 1 nitrogen and oxygen atoms in total. The van der Waals surface area contributed by atoms with Gasteiger partial charge in [0.15, 0.2) is 0 Å². The molecular formula is C21H28O. The lowest BCUT2D eigenvalue weighted by Crippen LogP contribution is -2.45. The van der Waals surface area contributed by atoms with Gasteiger partial charge in [0.25, 0.3) is 0 Å². The molecule has 0 aliphatic heterocycles. The number of rotatable bonds is 1. The van der Waals surface area contributed by atoms with Crippen molar-refractivity contribution < 1.29 is 5.11 Å². The molecular weight excluding hydrogens is 268 g/mol. The van der Waals surface area contributed by atoms with Crippen LogP contribution >= 0.6 is 0 Å². The van der Waals surface area contributed by atoms with Gasteiger partial charge in [0, 0.05) is 0 Å². The van der Waals surface area contributed by atoms with Crippen molar-refractivity contribution in [3.8, 4) is 5.75 Å². The molecule has 0 unspecified atom stereocenters. The van der Waals surface area contributed by atoms with Gasteiger partial charge in [-0.15, -0.1) is 6.58 Å². The van der Waals surface area contributed by atoms with E-state index in [1.54, 1.807) is 0 Å². The summed E-state index contributed by atoms with van der Waals surface area (Å²) in [7, 11) is 0. The standard InChI is InChI=1S/C21H28O/c1-4-20(2)11-10-19-18-7-5-14-13-15(22)6-8-16(14)17(18)9-12-21(19,20)3/h4,6,8,13,17-19,22H,1,5,7,9-12H2,2-3H3/t17-,18-,19+,20+,21+/m1/s1. The summed E-state index contributed by atoms with van der Waals surface area (Å²) in [5, 5.41) is 9.76. The fourth-order valence-electron chi connectivity index (χ4n) is 6.21. The molecule has 5 atom stereocenters. The second-order valence-electron chi connectivity index (χ2n) is 8.42. The summed E-state index contributed by atoms with van der Waals surface area (Å²) in [6.07, 6.45) is 10.00. The Morgan fingerprint density at radius 3 is 2.77 bits per heavy atom. The highest BCUT2D eigenvalue weighted by molar-refractivity contribution is 5.40. The van der Waals surface area contributed by atoms with E-state index in [1.807, 2.05) is 12.1 Å². The molecule has 1 heteroatoms. The zero-order chi connectivity index (χ0) is 15.5. The van der Waals surface area contributed by atoms with Crippen LogP contribution in [0.25, 0.3) is 0 Å². The maximum Gasteiger partial charge on any atom is 0.115 e. The zero-order valence-electron chi connectivity index (χ0n) is 13.9. The van der Waals surface area contributed by atoms with Gasteiger partial charge >= 0.3 is 0 Å². The van der Waals surface area contributed by atoms with Crippen LogP contribution in [0.15, 0.2) is 30.9 Å². The summed E-state index contributed by atoms with van der Waals surface area (Å²) in [6, 6.07) is 6.09. The van der Waals surface area contributed by atoms with Crippen molar-refractivity contribution >= 4 is 0 Å². The average molecular weight is 296 g/mol. The monoisotopic (exact) mass is 296 g/mol. The third-order valence-corrected chi connectivity index (χ3v) is 7.83. The lowest BCUT2D eigenvalue weighted by molar-refractivity contribution is 0.00492. The molecule has 0 bridgehead atoms. The van der Waals surface area contributed by atoms with Crippen LogP contribution in [0.4, 0.5) is 0 Å². The van der Waals surface area contributed by atoms with Gasteiger partial charge in [-0.05, 0) is 90.4 Å². The molecule has 0 heterocycles. The van der Waals surface area contributed by atoms with Crippen LogP contribution in [0.1, 0.15) is 63.0 Å². The summed E-state index contributed by atoms with van der Waals surface area (Å²) >= 11 is 0. The Morgan fingerprint density at radius 1 is 1.18 bits per heavy atom. The SMILES string of the molecule is C=C[C@@]1(C)CC[C@H]2[C@@H]3CCc4cc(O)ccc4[C@H]3CC[C@@]21C. The van der Waals surface area contributed by atoms with Gasteiger partial charge in [-0.1, -0.05) is 26.0 Å². The number of aromatic hydroxyl groups is 1. The number of hydrogen-bond acceptors (Lipinski definition) is 1. The van der Waals surface area contributed by atoms with Crippen LogP contribution in [0, 0.1) is 22.7 Å². The first-order chi connectivity index (χ1) is 10.5. The van der Waals surface area contributed by atoms with Crippen LogP contribution < -0.4 is 0 Å². The molecule has 0 aromatic heterocycles. The molecule has 0 saturated heterocycles. The predicted octanol–water partition coefficient (Wildman–Crippen LogP) is 5.44. The topological polar surface area (TPSA) is 20.2 Å². The molecule has 1 aromatic rings. The van der Waals surface area contributed by atoms with Crippen molar-refractivity contribution in [1.82, 2.24) is 0 Å². The van der Waals surface area contributed by atoms with E-state index in [0.29, 0.717) is 16.6 Å². The lowest BCUT2D eigenvalue weighted by atomic mass is 9.51. The molecule has 1 aromatic carbocycles. The minimum absolute atomic E-state index is 0.317. The van der Waals surface area contributed by atoms with E-state index in [2.05, 4.69) is 32.6 Å². The summed E-state index contributed by atoms with van der Waals surface area (Å²) in [6.45, 7) is 9.15. The Labute approximate surface area is 134 Å². The average Bonchev–Trinajstić information content (AvgIpc) is 2.79. The molecule has 1 N–H and O–H groups in total. The van der Waals surface area contributed by atoms with Gasteiger partial charge in [-0.3, -0.25) is 0 Å². The van der Waals surface area contributed by atoms with E-state index in [1.165, 1.54) is 43.2 Å². The van der Waals surface area contributed by atoms with Gasteiger partial charge in [-0.2, -0.15) is 0 Å². The first-order valence-electron chi connectivity index (χ1n) is 8.94. The molecule has 0 amide bonds. The van der Waals surface area contributed by atoms with Crippen molar-refractivity contribution in [2.45, 2.75) is 58.3 Å². The van der Waals surface area contributed by atoms with E-state index >= 15 is 0 Å². The van der Waals surface area contributed by atoms with Crippen molar-refractivity contribution in [3.63, 3.8) is 0 Å². The number of fused-ring (bicyclic) bond motifs is 5. The molecule has 22 heavy (non-hydrogen) atoms. The van der Waals surface area contributed by atoms with E-state index in [0.717, 1.165) is 24.2 Å². The molecule has 4 rings (SSSR count). The van der Waals surface area contributed by atoms with E-state index in [-0.39, 0.29) is 0 Å². The number of phenols is 1. The molecule has 0 radical (unpaired) electrons. The molecule has 3 aliphatic carbocycles.